The van der Waals surface area contributed by atoms with Gasteiger partial charge in [-0.25, -0.2) is 18.4 Å². The lowest BCUT2D eigenvalue weighted by atomic mass is 9.85. The van der Waals surface area contributed by atoms with Gasteiger partial charge in [0.1, 0.15) is 17.4 Å². The molecule has 0 radical (unpaired) electrons. The second-order valence-corrected chi connectivity index (χ2v) is 9.61. The van der Waals surface area contributed by atoms with Crippen molar-refractivity contribution in [2.45, 2.75) is 19.3 Å². The number of rotatable bonds is 4. The zero-order chi connectivity index (χ0) is 25.6. The third kappa shape index (κ3) is 2.93. The number of imidazole rings is 1. The first-order valence-corrected chi connectivity index (χ1v) is 11.9. The number of benzene rings is 2. The minimum atomic E-state index is -3.22. The van der Waals surface area contributed by atoms with Crippen molar-refractivity contribution in [2.24, 2.45) is 5.92 Å². The Morgan fingerprint density at radius 2 is 2.03 bits per heavy atom. The number of nitrogen functional groups attached to an aromatic ring is 1. The van der Waals surface area contributed by atoms with Gasteiger partial charge in [0.2, 0.25) is 0 Å². The standard InChI is InChI=1S/C26H21F2N7O2/c1-13-31-17-7-6-14(10-18(17)32-13)35-24(29)20(11-30-35)33-9-8-26(27,28)16(12-33)23(36)22-21-15-4-2-3-5-19(15)34(22)25(21)37/h2-7,10-11,16H,8-9,12,29H2,1H3,(H,31,32). The molecule has 9 nitrogen and oxygen atoms in total. The zero-order valence-electron chi connectivity index (χ0n) is 19.7. The Morgan fingerprint density at radius 1 is 1.22 bits per heavy atom. The average Bonchev–Trinajstić information content (AvgIpc) is 3.60. The molecular formula is C26H21F2N7O2. The number of fused-ring (bicyclic) bond motifs is 6. The largest absolute Gasteiger partial charge is 0.382 e. The van der Waals surface area contributed by atoms with Crippen LogP contribution in [0.5, 0.6) is 0 Å². The Kier molecular flexibility index (Phi) is 4.25. The number of aryl methyl sites for hydroxylation is 1. The summed E-state index contributed by atoms with van der Waals surface area (Å²) >= 11 is 0. The first-order valence-electron chi connectivity index (χ1n) is 11.9. The molecule has 186 valence electrons. The van der Waals surface area contributed by atoms with Crippen LogP contribution >= 0.6 is 0 Å². The number of halogens is 2. The van der Waals surface area contributed by atoms with Crippen LogP contribution in [0.4, 0.5) is 20.3 Å². The van der Waals surface area contributed by atoms with Crippen molar-refractivity contribution in [1.29, 1.82) is 0 Å². The lowest BCUT2D eigenvalue weighted by Gasteiger charge is -2.39. The minimum Gasteiger partial charge on any atom is -0.382 e. The van der Waals surface area contributed by atoms with Gasteiger partial charge in [-0.15, -0.1) is 0 Å². The summed E-state index contributed by atoms with van der Waals surface area (Å²) in [6.45, 7) is 1.64. The molecule has 5 aromatic rings. The van der Waals surface area contributed by atoms with Crippen molar-refractivity contribution >= 4 is 45.1 Å². The van der Waals surface area contributed by atoms with Gasteiger partial charge in [-0.05, 0) is 31.2 Å². The highest BCUT2D eigenvalue weighted by molar-refractivity contribution is 6.28. The van der Waals surface area contributed by atoms with Crippen molar-refractivity contribution in [3.63, 3.8) is 0 Å². The van der Waals surface area contributed by atoms with Crippen LogP contribution < -0.4 is 10.6 Å². The smallest absolute Gasteiger partial charge is 0.265 e. The Balaban J connectivity index is 1.22. The highest BCUT2D eigenvalue weighted by Gasteiger charge is 2.52. The van der Waals surface area contributed by atoms with Crippen molar-refractivity contribution in [2.75, 3.05) is 23.7 Å². The topological polar surface area (TPSA) is 115 Å². The van der Waals surface area contributed by atoms with Gasteiger partial charge in [0.05, 0.1) is 39.7 Å². The molecule has 1 fully saturated rings. The SMILES string of the molecule is Cc1nc2ccc(-n3ncc(N4CCC(F)(F)C(C(=O)c5c6c7ccccc7n5C6=O)C4)c3N)cc2[nH]1. The van der Waals surface area contributed by atoms with E-state index in [1.165, 1.54) is 15.4 Å². The number of Topliss-reactive ketones (excluding diaryl/α,β-unsaturated/α-hetero) is 1. The van der Waals surface area contributed by atoms with E-state index < -0.39 is 24.0 Å². The molecule has 1 saturated heterocycles. The molecule has 5 heterocycles. The zero-order valence-corrected chi connectivity index (χ0v) is 19.7. The number of carbonyl (C=O) groups is 2. The van der Waals surface area contributed by atoms with Crippen LogP contribution in [0.25, 0.3) is 27.6 Å². The normalized spacial score (nSPS) is 18.5. The summed E-state index contributed by atoms with van der Waals surface area (Å²) in [5.41, 5.74) is 10.1. The van der Waals surface area contributed by atoms with E-state index in [-0.39, 0.29) is 36.1 Å². The summed E-state index contributed by atoms with van der Waals surface area (Å²) in [5.74, 6) is -4.83. The van der Waals surface area contributed by atoms with Crippen LogP contribution in [-0.2, 0) is 0 Å². The van der Waals surface area contributed by atoms with E-state index in [9.17, 15) is 9.59 Å². The number of anilines is 2. The number of nitrogens with zero attached hydrogens (tertiary/aromatic N) is 5. The Hall–Kier alpha value is -4.54. The molecule has 0 spiro atoms. The van der Waals surface area contributed by atoms with Crippen LogP contribution in [-0.4, -0.2) is 55.0 Å². The molecule has 2 aromatic carbocycles. The number of piperidine rings is 1. The van der Waals surface area contributed by atoms with Crippen LogP contribution in [0.3, 0.4) is 0 Å². The summed E-state index contributed by atoms with van der Waals surface area (Å²) < 4.78 is 33.0. The number of nitrogens with two attached hydrogens (primary N) is 1. The van der Waals surface area contributed by atoms with Gasteiger partial charge in [0.25, 0.3) is 11.8 Å². The van der Waals surface area contributed by atoms with Gasteiger partial charge >= 0.3 is 0 Å². The van der Waals surface area contributed by atoms with E-state index in [0.717, 1.165) is 16.9 Å². The first kappa shape index (κ1) is 21.7. The summed E-state index contributed by atoms with van der Waals surface area (Å²) in [6.07, 6.45) is 1.01. The Bertz CT molecular complexity index is 1740. The van der Waals surface area contributed by atoms with E-state index in [0.29, 0.717) is 22.3 Å². The second-order valence-electron chi connectivity index (χ2n) is 9.61. The Labute approximate surface area is 208 Å². The van der Waals surface area contributed by atoms with Crippen LogP contribution in [0.1, 0.15) is 33.1 Å². The fraction of sp³-hybridized carbons (Fsp3) is 0.231. The van der Waals surface area contributed by atoms with Gasteiger partial charge < -0.3 is 15.6 Å². The second kappa shape index (κ2) is 7.25. The quantitative estimate of drug-likeness (QED) is 0.354. The molecule has 3 N–H and O–H groups in total. The van der Waals surface area contributed by atoms with Crippen LogP contribution in [0.15, 0.2) is 48.7 Å². The number of aromatic nitrogens is 5. The molecule has 1 unspecified atom stereocenters. The molecular weight excluding hydrogens is 480 g/mol. The molecule has 1 atom stereocenters. The number of hydrogen-bond donors (Lipinski definition) is 2. The summed E-state index contributed by atoms with van der Waals surface area (Å²) in [7, 11) is 0. The minimum absolute atomic E-state index is 0.0141. The van der Waals surface area contributed by atoms with E-state index in [4.69, 9.17) is 5.73 Å². The number of alkyl halides is 2. The van der Waals surface area contributed by atoms with E-state index in [1.54, 1.807) is 29.2 Å². The molecule has 2 aliphatic rings. The number of para-hydroxylation sites is 1. The predicted molar refractivity (Wildman–Crippen MR) is 134 cm³/mol. The summed E-state index contributed by atoms with van der Waals surface area (Å²) in [4.78, 5) is 35.2. The van der Waals surface area contributed by atoms with Gasteiger partial charge in [-0.1, -0.05) is 18.2 Å². The third-order valence-electron chi connectivity index (χ3n) is 7.42. The van der Waals surface area contributed by atoms with Crippen molar-refractivity contribution in [1.82, 2.24) is 24.3 Å². The van der Waals surface area contributed by atoms with Crippen LogP contribution in [0, 0.1) is 12.8 Å². The van der Waals surface area contributed by atoms with E-state index in [1.807, 2.05) is 25.1 Å². The maximum absolute atomic E-state index is 15.1. The van der Waals surface area contributed by atoms with Crippen LogP contribution in [0.2, 0.25) is 0 Å². The fourth-order valence-electron chi connectivity index (χ4n) is 5.58. The molecule has 0 aliphatic carbocycles. The van der Waals surface area contributed by atoms with Crippen molar-refractivity contribution < 1.29 is 18.4 Å². The highest BCUT2D eigenvalue weighted by atomic mass is 19.3. The average molecular weight is 501 g/mol. The van der Waals surface area contributed by atoms with E-state index in [2.05, 4.69) is 15.1 Å². The number of hydrogen-bond acceptors (Lipinski definition) is 6. The molecule has 7 rings (SSSR count). The number of nitrogens with one attached hydrogen (secondary N) is 1. The lowest BCUT2D eigenvalue weighted by Crippen LogP contribution is -2.52. The number of carbonyl (C=O) groups excluding carboxylic acids is 2. The molecule has 37 heavy (non-hydrogen) atoms. The predicted octanol–water partition coefficient (Wildman–Crippen LogP) is 3.94. The summed E-state index contributed by atoms with van der Waals surface area (Å²) in [5, 5.41) is 5.01. The molecule has 0 amide bonds. The number of ketones is 1. The van der Waals surface area contributed by atoms with Gasteiger partial charge in [-0.3, -0.25) is 14.2 Å². The lowest BCUT2D eigenvalue weighted by molar-refractivity contribution is -0.0591. The molecule has 11 heteroatoms. The first-order chi connectivity index (χ1) is 17.7. The fourth-order valence-corrected chi connectivity index (χ4v) is 5.58. The van der Waals surface area contributed by atoms with Gasteiger partial charge in [0, 0.05) is 24.9 Å². The van der Waals surface area contributed by atoms with Crippen molar-refractivity contribution in [3.05, 3.63) is 65.7 Å². The highest BCUT2D eigenvalue weighted by Crippen LogP contribution is 2.43. The molecule has 0 saturated carbocycles. The maximum atomic E-state index is 15.1. The van der Waals surface area contributed by atoms with Gasteiger partial charge in [-0.2, -0.15) is 5.10 Å². The number of H-pyrrole nitrogens is 1. The molecule has 2 aliphatic heterocycles. The van der Waals surface area contributed by atoms with Gasteiger partial charge in [0.15, 0.2) is 11.6 Å². The number of aromatic amines is 1. The third-order valence-corrected chi connectivity index (χ3v) is 7.42. The monoisotopic (exact) mass is 501 g/mol. The molecule has 3 aromatic heterocycles. The summed E-state index contributed by atoms with van der Waals surface area (Å²) in [6, 6.07) is 12.5. The van der Waals surface area contributed by atoms with Crippen molar-refractivity contribution in [3.8, 4) is 5.69 Å². The maximum Gasteiger partial charge on any atom is 0.265 e. The Morgan fingerprint density at radius 3 is 2.84 bits per heavy atom. The van der Waals surface area contributed by atoms with E-state index >= 15 is 8.78 Å². The molecule has 2 bridgehead atoms.